The molecule has 190 valence electrons. The molecule has 2 aromatic carbocycles. The van der Waals surface area contributed by atoms with Crippen LogP contribution in [0.1, 0.15) is 48.8 Å². The van der Waals surface area contributed by atoms with E-state index in [1.807, 2.05) is 6.92 Å². The first-order valence-electron chi connectivity index (χ1n) is 12.6. The first kappa shape index (κ1) is 25.7. The fourth-order valence-corrected chi connectivity index (χ4v) is 6.29. The van der Waals surface area contributed by atoms with Crippen LogP contribution in [-0.2, 0) is 14.8 Å². The number of carbonyl (C=O) groups is 1. The van der Waals surface area contributed by atoms with Gasteiger partial charge in [-0.05, 0) is 81.3 Å². The molecule has 0 bridgehead atoms. The van der Waals surface area contributed by atoms with Crippen molar-refractivity contribution >= 4 is 21.6 Å². The summed E-state index contributed by atoms with van der Waals surface area (Å²) in [5, 5.41) is 2.94. The SMILES string of the molecule is Cc1ccc(C)c(OC2CCN(CC(=O)Nc3cc(S(=O)(=O)N4CCCCC4)ccc3C)CC2)c1. The van der Waals surface area contributed by atoms with Gasteiger partial charge in [0, 0.05) is 31.9 Å². The van der Waals surface area contributed by atoms with Crippen molar-refractivity contribution in [3.63, 3.8) is 0 Å². The molecule has 8 heteroatoms. The van der Waals surface area contributed by atoms with Gasteiger partial charge >= 0.3 is 0 Å². The van der Waals surface area contributed by atoms with E-state index in [2.05, 4.69) is 42.3 Å². The Morgan fingerprint density at radius 2 is 1.63 bits per heavy atom. The van der Waals surface area contributed by atoms with E-state index in [1.165, 1.54) is 5.56 Å². The van der Waals surface area contributed by atoms with Crippen LogP contribution in [0, 0.1) is 20.8 Å². The second-order valence-corrected chi connectivity index (χ2v) is 11.8. The van der Waals surface area contributed by atoms with E-state index in [9.17, 15) is 13.2 Å². The van der Waals surface area contributed by atoms with Crippen LogP contribution >= 0.6 is 0 Å². The molecule has 0 aromatic heterocycles. The summed E-state index contributed by atoms with van der Waals surface area (Å²) < 4.78 is 33.9. The molecule has 0 radical (unpaired) electrons. The third-order valence-corrected chi connectivity index (χ3v) is 8.87. The Morgan fingerprint density at radius 3 is 2.34 bits per heavy atom. The minimum atomic E-state index is -3.54. The van der Waals surface area contributed by atoms with E-state index in [0.717, 1.165) is 62.1 Å². The maximum Gasteiger partial charge on any atom is 0.243 e. The highest BCUT2D eigenvalue weighted by atomic mass is 32.2. The number of ether oxygens (including phenoxy) is 1. The van der Waals surface area contributed by atoms with Crippen molar-refractivity contribution < 1.29 is 17.9 Å². The van der Waals surface area contributed by atoms with Crippen molar-refractivity contribution in [1.29, 1.82) is 0 Å². The van der Waals surface area contributed by atoms with E-state index >= 15 is 0 Å². The number of hydrogen-bond acceptors (Lipinski definition) is 5. The summed E-state index contributed by atoms with van der Waals surface area (Å²) in [4.78, 5) is 15.2. The average Bonchev–Trinajstić information content (AvgIpc) is 2.84. The van der Waals surface area contributed by atoms with Gasteiger partial charge in [0.05, 0.1) is 11.4 Å². The van der Waals surface area contributed by atoms with Crippen LogP contribution in [0.15, 0.2) is 41.3 Å². The summed E-state index contributed by atoms with van der Waals surface area (Å²) in [6.45, 7) is 8.96. The predicted molar refractivity (Wildman–Crippen MR) is 138 cm³/mol. The molecule has 0 unspecified atom stereocenters. The lowest BCUT2D eigenvalue weighted by Crippen LogP contribution is -2.42. The van der Waals surface area contributed by atoms with Gasteiger partial charge in [0.15, 0.2) is 0 Å². The highest BCUT2D eigenvalue weighted by Crippen LogP contribution is 2.26. The molecule has 2 heterocycles. The molecular weight excluding hydrogens is 462 g/mol. The minimum absolute atomic E-state index is 0.130. The molecule has 0 saturated carbocycles. The van der Waals surface area contributed by atoms with Gasteiger partial charge < -0.3 is 10.1 Å². The lowest BCUT2D eigenvalue weighted by molar-refractivity contribution is -0.117. The van der Waals surface area contributed by atoms with Crippen molar-refractivity contribution in [2.24, 2.45) is 0 Å². The molecule has 2 fully saturated rings. The molecule has 35 heavy (non-hydrogen) atoms. The van der Waals surface area contributed by atoms with Crippen LogP contribution in [0.4, 0.5) is 5.69 Å². The molecule has 4 rings (SSSR count). The van der Waals surface area contributed by atoms with E-state index in [1.54, 1.807) is 22.5 Å². The smallest absolute Gasteiger partial charge is 0.243 e. The van der Waals surface area contributed by atoms with Crippen LogP contribution in [0.25, 0.3) is 0 Å². The van der Waals surface area contributed by atoms with Crippen LogP contribution in [-0.4, -0.2) is 62.4 Å². The van der Waals surface area contributed by atoms with Crippen molar-refractivity contribution in [1.82, 2.24) is 9.21 Å². The van der Waals surface area contributed by atoms with E-state index in [0.29, 0.717) is 18.8 Å². The number of anilines is 1. The summed E-state index contributed by atoms with van der Waals surface area (Å²) in [5.41, 5.74) is 3.72. The molecule has 2 aliphatic heterocycles. The molecule has 1 N–H and O–H groups in total. The Morgan fingerprint density at radius 1 is 0.943 bits per heavy atom. The highest BCUT2D eigenvalue weighted by Gasteiger charge is 2.27. The number of hydrogen-bond donors (Lipinski definition) is 1. The largest absolute Gasteiger partial charge is 0.490 e. The summed E-state index contributed by atoms with van der Waals surface area (Å²) in [7, 11) is -3.54. The second-order valence-electron chi connectivity index (χ2n) is 9.85. The number of nitrogens with one attached hydrogen (secondary N) is 1. The van der Waals surface area contributed by atoms with Gasteiger partial charge in [0.25, 0.3) is 0 Å². The monoisotopic (exact) mass is 499 g/mol. The number of carbonyl (C=O) groups excluding carboxylic acids is 1. The van der Waals surface area contributed by atoms with Crippen molar-refractivity contribution in [2.75, 3.05) is 38.0 Å². The Kier molecular flexibility index (Phi) is 8.14. The van der Waals surface area contributed by atoms with Gasteiger partial charge in [-0.1, -0.05) is 24.6 Å². The molecule has 2 aromatic rings. The number of aryl methyl sites for hydroxylation is 3. The maximum absolute atomic E-state index is 13.0. The average molecular weight is 500 g/mol. The minimum Gasteiger partial charge on any atom is -0.490 e. The third kappa shape index (κ3) is 6.42. The standard InChI is InChI=1S/C27H37N3O4S/c1-20-7-8-22(3)26(17-20)34-23-11-15-29(16-12-23)19-27(31)28-25-18-24(10-9-21(25)2)35(32,33)30-13-5-4-6-14-30/h7-10,17-18,23H,4-6,11-16,19H2,1-3H3,(H,28,31). The topological polar surface area (TPSA) is 79.0 Å². The Balaban J connectivity index is 1.32. The first-order chi connectivity index (χ1) is 16.7. The highest BCUT2D eigenvalue weighted by molar-refractivity contribution is 7.89. The lowest BCUT2D eigenvalue weighted by Gasteiger charge is -2.32. The van der Waals surface area contributed by atoms with Gasteiger partial charge in [-0.15, -0.1) is 0 Å². The summed E-state index contributed by atoms with van der Waals surface area (Å²) in [6.07, 6.45) is 4.72. The van der Waals surface area contributed by atoms with Gasteiger partial charge in [-0.25, -0.2) is 8.42 Å². The van der Waals surface area contributed by atoms with Gasteiger partial charge in [0.2, 0.25) is 15.9 Å². The quantitative estimate of drug-likeness (QED) is 0.616. The lowest BCUT2D eigenvalue weighted by atomic mass is 10.1. The number of amides is 1. The normalized spacial score (nSPS) is 18.4. The molecule has 0 aliphatic carbocycles. The third-order valence-electron chi connectivity index (χ3n) is 6.98. The number of nitrogens with zero attached hydrogens (tertiary/aromatic N) is 2. The van der Waals surface area contributed by atoms with E-state index in [4.69, 9.17) is 4.74 Å². The fraction of sp³-hybridized carbons (Fsp3) is 0.519. The zero-order chi connectivity index (χ0) is 25.0. The Hall–Kier alpha value is -2.42. The zero-order valence-corrected chi connectivity index (χ0v) is 21.9. The number of benzene rings is 2. The molecule has 0 spiro atoms. The fourth-order valence-electron chi connectivity index (χ4n) is 4.74. The van der Waals surface area contributed by atoms with Crippen molar-refractivity contribution in [2.45, 2.75) is 63.9 Å². The number of piperidine rings is 2. The van der Waals surface area contributed by atoms with Crippen LogP contribution in [0.5, 0.6) is 5.75 Å². The van der Waals surface area contributed by atoms with E-state index < -0.39 is 10.0 Å². The van der Waals surface area contributed by atoms with Crippen LogP contribution in [0.2, 0.25) is 0 Å². The van der Waals surface area contributed by atoms with Crippen LogP contribution in [0.3, 0.4) is 0 Å². The van der Waals surface area contributed by atoms with Gasteiger partial charge in [-0.2, -0.15) is 4.31 Å². The van der Waals surface area contributed by atoms with Gasteiger partial charge in [-0.3, -0.25) is 9.69 Å². The Bertz CT molecular complexity index is 1150. The van der Waals surface area contributed by atoms with Crippen molar-refractivity contribution in [3.05, 3.63) is 53.1 Å². The Labute approximate surface area is 209 Å². The molecule has 2 saturated heterocycles. The number of rotatable bonds is 7. The molecular formula is C27H37N3O4S. The first-order valence-corrected chi connectivity index (χ1v) is 14.0. The summed E-state index contributed by atoms with van der Waals surface area (Å²) in [6, 6.07) is 11.2. The molecule has 0 atom stereocenters. The summed E-state index contributed by atoms with van der Waals surface area (Å²) in [5.74, 6) is 0.811. The van der Waals surface area contributed by atoms with Crippen LogP contribution < -0.4 is 10.1 Å². The van der Waals surface area contributed by atoms with Gasteiger partial charge in [0.1, 0.15) is 11.9 Å². The molecule has 2 aliphatic rings. The summed E-state index contributed by atoms with van der Waals surface area (Å²) >= 11 is 0. The molecule has 7 nitrogen and oxygen atoms in total. The second kappa shape index (κ2) is 11.1. The molecule has 1 amide bonds. The predicted octanol–water partition coefficient (Wildman–Crippen LogP) is 4.27. The van der Waals surface area contributed by atoms with Crippen molar-refractivity contribution in [3.8, 4) is 5.75 Å². The number of likely N-dealkylation sites (tertiary alicyclic amines) is 1. The zero-order valence-electron chi connectivity index (χ0n) is 21.0. The van der Waals surface area contributed by atoms with E-state index in [-0.39, 0.29) is 23.5 Å². The maximum atomic E-state index is 13.0. The number of sulfonamides is 1.